The molecule has 0 saturated heterocycles. The standard InChI is InChI=1S/C15H16F17NO7S2/c1-2-3-33(4-5-39-6-7-40-42(36,37)38)41(34,35)15(31,32)13(26,27)11(22,23)9(18,19)8(16,17)10(20,21)12(24,25)14(28,29)30/h2-7H2,1H3,(H,36,37,38). The van der Waals surface area contributed by atoms with Crippen molar-refractivity contribution in [3.8, 4) is 0 Å². The number of hydrogen-bond donors (Lipinski definition) is 1. The van der Waals surface area contributed by atoms with Gasteiger partial charge in [0.25, 0.3) is 10.0 Å². The lowest BCUT2D eigenvalue weighted by Crippen LogP contribution is -2.75. The van der Waals surface area contributed by atoms with E-state index in [4.69, 9.17) is 4.55 Å². The van der Waals surface area contributed by atoms with E-state index in [1.54, 1.807) is 0 Å². The third-order valence-electron chi connectivity index (χ3n) is 4.78. The van der Waals surface area contributed by atoms with Gasteiger partial charge in [-0.2, -0.15) is 87.4 Å². The molecule has 0 aliphatic heterocycles. The Morgan fingerprint density at radius 1 is 0.571 bits per heavy atom. The zero-order valence-electron chi connectivity index (χ0n) is 19.8. The lowest BCUT2D eigenvalue weighted by atomic mass is 9.91. The fraction of sp³-hybridized carbons (Fsp3) is 1.00. The van der Waals surface area contributed by atoms with Crippen molar-refractivity contribution >= 4 is 20.4 Å². The topological polar surface area (TPSA) is 110 Å². The Hall–Kier alpha value is -1.45. The molecular formula is C15H16F17NO7S2. The minimum absolute atomic E-state index is 0.684. The van der Waals surface area contributed by atoms with Crippen LogP contribution in [0.3, 0.4) is 0 Å². The molecule has 0 aromatic carbocycles. The van der Waals surface area contributed by atoms with Gasteiger partial charge in [0, 0.05) is 13.1 Å². The normalized spacial score (nSPS) is 15.9. The summed E-state index contributed by atoms with van der Waals surface area (Å²) in [5.74, 6) is -52.2. The molecule has 0 heterocycles. The quantitative estimate of drug-likeness (QED) is 0.131. The van der Waals surface area contributed by atoms with E-state index in [0.29, 0.717) is 0 Å². The molecule has 0 unspecified atom stereocenters. The number of nitrogens with zero attached hydrogens (tertiary/aromatic N) is 1. The van der Waals surface area contributed by atoms with Crippen molar-refractivity contribution in [1.29, 1.82) is 0 Å². The lowest BCUT2D eigenvalue weighted by molar-refractivity contribution is -0.458. The van der Waals surface area contributed by atoms with Crippen LogP contribution in [0.5, 0.6) is 0 Å². The smallest absolute Gasteiger partial charge is 0.378 e. The first-order chi connectivity index (χ1) is 18.2. The summed E-state index contributed by atoms with van der Waals surface area (Å²) >= 11 is 0. The Bertz CT molecular complexity index is 1140. The molecule has 0 amide bonds. The van der Waals surface area contributed by atoms with Crippen LogP contribution in [0, 0.1) is 0 Å². The molecule has 0 aliphatic rings. The Morgan fingerprint density at radius 2 is 0.952 bits per heavy atom. The van der Waals surface area contributed by atoms with E-state index in [1.165, 1.54) is 0 Å². The summed E-state index contributed by atoms with van der Waals surface area (Å²) < 4.78 is 288. The summed E-state index contributed by atoms with van der Waals surface area (Å²) in [5, 5.41) is -7.70. The van der Waals surface area contributed by atoms with Gasteiger partial charge in [-0.05, 0) is 6.42 Å². The van der Waals surface area contributed by atoms with E-state index < -0.39 is 111 Å². The van der Waals surface area contributed by atoms with Crippen LogP contribution in [-0.2, 0) is 29.3 Å². The van der Waals surface area contributed by atoms with Gasteiger partial charge in [0.05, 0.1) is 19.8 Å². The lowest BCUT2D eigenvalue weighted by Gasteiger charge is -2.43. The summed E-state index contributed by atoms with van der Waals surface area (Å²) in [5.41, 5.74) is 0. The van der Waals surface area contributed by atoms with Crippen molar-refractivity contribution in [3.63, 3.8) is 0 Å². The Balaban J connectivity index is 6.56. The maximum absolute atomic E-state index is 14.3. The molecule has 8 nitrogen and oxygen atoms in total. The molecule has 0 saturated carbocycles. The van der Waals surface area contributed by atoms with E-state index in [9.17, 15) is 91.5 Å². The van der Waals surface area contributed by atoms with Crippen LogP contribution in [0.1, 0.15) is 13.3 Å². The minimum Gasteiger partial charge on any atom is -0.378 e. The molecule has 0 atom stereocenters. The molecule has 254 valence electrons. The predicted molar refractivity (Wildman–Crippen MR) is 99.8 cm³/mol. The van der Waals surface area contributed by atoms with E-state index >= 15 is 0 Å². The third kappa shape index (κ3) is 6.78. The van der Waals surface area contributed by atoms with Gasteiger partial charge in [0.2, 0.25) is 0 Å². The third-order valence-corrected chi connectivity index (χ3v) is 7.19. The second kappa shape index (κ2) is 12.2. The van der Waals surface area contributed by atoms with Crippen LogP contribution < -0.4 is 0 Å². The van der Waals surface area contributed by atoms with E-state index in [0.717, 1.165) is 6.92 Å². The molecule has 0 aliphatic carbocycles. The van der Waals surface area contributed by atoms with Crippen molar-refractivity contribution in [2.24, 2.45) is 0 Å². The molecule has 0 bridgehead atoms. The average molecular weight is 709 g/mol. The molecule has 42 heavy (non-hydrogen) atoms. The SMILES string of the molecule is CCCN(CCOCCOS(=O)(=O)O)S(=O)(=O)C(F)(F)C(F)(F)C(F)(F)C(F)(F)C(F)(F)C(F)(F)C(F)(F)C(F)(F)F. The summed E-state index contributed by atoms with van der Waals surface area (Å²) in [7, 11) is -12.5. The van der Waals surface area contributed by atoms with E-state index in [2.05, 4.69) is 8.92 Å². The molecule has 0 fully saturated rings. The number of alkyl halides is 17. The molecule has 0 aromatic heterocycles. The van der Waals surface area contributed by atoms with Crippen LogP contribution in [0.2, 0.25) is 0 Å². The molecule has 1 N–H and O–H groups in total. The first kappa shape index (κ1) is 40.5. The van der Waals surface area contributed by atoms with Gasteiger partial charge in [-0.3, -0.25) is 4.55 Å². The van der Waals surface area contributed by atoms with Crippen LogP contribution in [0.15, 0.2) is 0 Å². The van der Waals surface area contributed by atoms with Crippen molar-refractivity contribution in [2.75, 3.05) is 32.9 Å². The van der Waals surface area contributed by atoms with Gasteiger partial charge in [-0.15, -0.1) is 0 Å². The molecule has 0 aromatic rings. The zero-order chi connectivity index (χ0) is 34.2. The fourth-order valence-corrected chi connectivity index (χ4v) is 4.33. The summed E-state index contributed by atoms with van der Waals surface area (Å²) in [6, 6.07) is 0. The highest BCUT2D eigenvalue weighted by molar-refractivity contribution is 7.90. The number of hydrogen-bond acceptors (Lipinski definition) is 6. The zero-order valence-corrected chi connectivity index (χ0v) is 21.5. The number of rotatable bonds is 17. The summed E-state index contributed by atoms with van der Waals surface area (Å²) in [4.78, 5) is 0. The minimum atomic E-state index is -8.94. The van der Waals surface area contributed by atoms with Crippen molar-refractivity contribution in [3.05, 3.63) is 0 Å². The predicted octanol–water partition coefficient (Wildman–Crippen LogP) is 4.83. The average Bonchev–Trinajstić information content (AvgIpc) is 2.77. The van der Waals surface area contributed by atoms with Crippen molar-refractivity contribution in [2.45, 2.75) is 60.3 Å². The van der Waals surface area contributed by atoms with E-state index in [1.807, 2.05) is 0 Å². The summed E-state index contributed by atoms with van der Waals surface area (Å²) in [6.45, 7) is -5.36. The fourth-order valence-electron chi connectivity index (χ4n) is 2.54. The first-order valence-corrected chi connectivity index (χ1v) is 12.9. The Kier molecular flexibility index (Phi) is 11.7. The molecule has 0 rings (SSSR count). The number of sulfonamides is 1. The van der Waals surface area contributed by atoms with Gasteiger partial charge < -0.3 is 4.74 Å². The second-order valence-electron chi connectivity index (χ2n) is 7.73. The van der Waals surface area contributed by atoms with Crippen LogP contribution in [0.4, 0.5) is 74.6 Å². The van der Waals surface area contributed by atoms with Crippen molar-refractivity contribution in [1.82, 2.24) is 4.31 Å². The van der Waals surface area contributed by atoms with Gasteiger partial charge in [-0.1, -0.05) is 6.92 Å². The maximum atomic E-state index is 14.3. The largest absolute Gasteiger partial charge is 0.460 e. The van der Waals surface area contributed by atoms with Gasteiger partial charge in [-0.25, -0.2) is 12.6 Å². The van der Waals surface area contributed by atoms with Crippen LogP contribution in [-0.4, -0.2) is 106 Å². The monoisotopic (exact) mass is 709 g/mol. The first-order valence-electron chi connectivity index (χ1n) is 10.1. The maximum Gasteiger partial charge on any atom is 0.460 e. The van der Waals surface area contributed by atoms with Crippen LogP contribution >= 0.6 is 0 Å². The number of halogens is 17. The second-order valence-corrected chi connectivity index (χ2v) is 10.8. The molecule has 0 radical (unpaired) electrons. The molecular weight excluding hydrogens is 693 g/mol. The van der Waals surface area contributed by atoms with Gasteiger partial charge >= 0.3 is 57.4 Å². The molecule has 0 spiro atoms. The molecule has 27 heteroatoms. The Morgan fingerprint density at radius 3 is 1.31 bits per heavy atom. The number of ether oxygens (including phenoxy) is 1. The van der Waals surface area contributed by atoms with Crippen molar-refractivity contribution < 1.29 is 105 Å². The highest BCUT2D eigenvalue weighted by Crippen LogP contribution is 2.64. The summed E-state index contributed by atoms with van der Waals surface area (Å²) in [6.07, 6.45) is -8.61. The van der Waals surface area contributed by atoms with Crippen LogP contribution in [0.25, 0.3) is 0 Å². The van der Waals surface area contributed by atoms with E-state index in [-0.39, 0.29) is 0 Å². The van der Waals surface area contributed by atoms with Gasteiger partial charge in [0.1, 0.15) is 0 Å². The van der Waals surface area contributed by atoms with Gasteiger partial charge in [0.15, 0.2) is 0 Å². The highest BCUT2D eigenvalue weighted by Gasteiger charge is 2.96. The Labute approximate surface area is 223 Å². The highest BCUT2D eigenvalue weighted by atomic mass is 32.3.